The molecule has 0 saturated carbocycles. The minimum Gasteiger partial charge on any atom is -0.267 e. The van der Waals surface area contributed by atoms with Crippen molar-refractivity contribution < 1.29 is 26.4 Å². The van der Waals surface area contributed by atoms with Gasteiger partial charge in [0.05, 0.1) is 16.0 Å². The molecule has 2 rings (SSSR count). The number of carbonyl (C=O) groups excluding carboxylic acids is 2. The predicted molar refractivity (Wildman–Crippen MR) is 113 cm³/mol. The number of carbonyl (C=O) groups is 2. The summed E-state index contributed by atoms with van der Waals surface area (Å²) in [4.78, 5) is 25.6. The highest BCUT2D eigenvalue weighted by atomic mass is 32.2. The monoisotopic (exact) mass is 474 g/mol. The fraction of sp³-hybridized carbons (Fsp3) is 0.294. The molecule has 1 aromatic carbocycles. The van der Waals surface area contributed by atoms with Gasteiger partial charge in [-0.25, -0.2) is 25.9 Å². The number of hydrogen-bond donors (Lipinski definition) is 3. The molecule has 1 heterocycles. The lowest BCUT2D eigenvalue weighted by Crippen LogP contribution is -2.41. The van der Waals surface area contributed by atoms with E-state index < -0.39 is 31.9 Å². The van der Waals surface area contributed by atoms with Crippen molar-refractivity contribution in [3.8, 4) is 0 Å². The highest BCUT2D eigenvalue weighted by molar-refractivity contribution is 7.89. The summed E-state index contributed by atoms with van der Waals surface area (Å²) in [6.07, 6.45) is 1.49. The minimum absolute atomic E-state index is 0.0444. The topological polar surface area (TPSA) is 142 Å². The van der Waals surface area contributed by atoms with Gasteiger partial charge in [-0.1, -0.05) is 6.07 Å². The Morgan fingerprint density at radius 2 is 1.67 bits per heavy atom. The van der Waals surface area contributed by atoms with Crippen molar-refractivity contribution >= 4 is 43.2 Å². The molecule has 0 unspecified atom stereocenters. The van der Waals surface area contributed by atoms with Gasteiger partial charge < -0.3 is 0 Å². The number of nitrogens with one attached hydrogen (secondary N) is 3. The van der Waals surface area contributed by atoms with Crippen molar-refractivity contribution in [1.82, 2.24) is 19.9 Å². The Hall–Kier alpha value is -2.32. The fourth-order valence-electron chi connectivity index (χ4n) is 2.25. The van der Waals surface area contributed by atoms with Gasteiger partial charge in [-0.05, 0) is 36.8 Å². The summed E-state index contributed by atoms with van der Waals surface area (Å²) in [5.74, 6) is -1.22. The van der Waals surface area contributed by atoms with Crippen molar-refractivity contribution in [3.05, 3.63) is 51.7 Å². The van der Waals surface area contributed by atoms with Crippen LogP contribution in [0.2, 0.25) is 0 Å². The van der Waals surface area contributed by atoms with Crippen molar-refractivity contribution in [2.45, 2.75) is 11.3 Å². The van der Waals surface area contributed by atoms with Crippen LogP contribution in [0.1, 0.15) is 24.9 Å². The molecule has 0 spiro atoms. The van der Waals surface area contributed by atoms with Crippen LogP contribution in [0, 0.1) is 0 Å². The molecule has 0 atom stereocenters. The standard InChI is InChI=1S/C17H22N4O6S3/c1-21(2)30(26,27)14-6-4-5-12(11-14)16(22)19-20-17(23)15-8-7-13(28-15)9-10-18-29(3,24)25/h4-8,11,18H,9-10H2,1-3H3,(H,19,22)(H,20,23). The summed E-state index contributed by atoms with van der Waals surface area (Å²) in [5, 5.41) is 0. The van der Waals surface area contributed by atoms with E-state index in [4.69, 9.17) is 0 Å². The lowest BCUT2D eigenvalue weighted by molar-refractivity contribution is 0.0849. The van der Waals surface area contributed by atoms with E-state index in [9.17, 15) is 26.4 Å². The second kappa shape index (κ2) is 9.66. The van der Waals surface area contributed by atoms with Crippen LogP contribution in [0.3, 0.4) is 0 Å². The van der Waals surface area contributed by atoms with Gasteiger partial charge in [0.25, 0.3) is 11.8 Å². The molecule has 0 radical (unpaired) electrons. The van der Waals surface area contributed by atoms with Gasteiger partial charge in [0.1, 0.15) is 0 Å². The third kappa shape index (κ3) is 6.60. The SMILES string of the molecule is CN(C)S(=O)(=O)c1cccc(C(=O)NNC(=O)c2ccc(CCNS(C)(=O)=O)s2)c1. The maximum absolute atomic E-state index is 12.3. The van der Waals surface area contributed by atoms with Gasteiger partial charge in [-0.2, -0.15) is 0 Å². The first-order chi connectivity index (χ1) is 13.9. The quantitative estimate of drug-likeness (QED) is 0.466. The highest BCUT2D eigenvalue weighted by Gasteiger charge is 2.19. The van der Waals surface area contributed by atoms with Crippen LogP contribution in [-0.2, 0) is 26.5 Å². The van der Waals surface area contributed by atoms with E-state index in [1.807, 2.05) is 0 Å². The summed E-state index contributed by atoms with van der Waals surface area (Å²) in [5.41, 5.74) is 4.58. The zero-order chi connectivity index (χ0) is 22.5. The molecule has 164 valence electrons. The summed E-state index contributed by atoms with van der Waals surface area (Å²) in [6, 6.07) is 8.70. The number of hydrazine groups is 1. The molecule has 2 aromatic rings. The third-order valence-electron chi connectivity index (χ3n) is 3.79. The Labute approximate surface area is 179 Å². The van der Waals surface area contributed by atoms with Gasteiger partial charge in [0.2, 0.25) is 20.0 Å². The minimum atomic E-state index is -3.70. The number of sulfonamides is 2. The molecule has 0 fully saturated rings. The Morgan fingerprint density at radius 1 is 1.00 bits per heavy atom. The molecule has 0 aliphatic rings. The number of benzene rings is 1. The number of rotatable bonds is 8. The molecule has 3 N–H and O–H groups in total. The van der Waals surface area contributed by atoms with Gasteiger partial charge in [-0.15, -0.1) is 11.3 Å². The van der Waals surface area contributed by atoms with E-state index in [0.717, 1.165) is 15.4 Å². The average molecular weight is 475 g/mol. The second-order valence-corrected chi connectivity index (χ2v) is 11.6. The maximum atomic E-state index is 12.3. The number of amides is 2. The Kier molecular flexibility index (Phi) is 7.71. The Balaban J connectivity index is 1.96. The van der Waals surface area contributed by atoms with E-state index in [1.165, 1.54) is 49.7 Å². The summed E-state index contributed by atoms with van der Waals surface area (Å²) >= 11 is 1.17. The molecular formula is C17H22N4O6S3. The Bertz CT molecular complexity index is 1140. The van der Waals surface area contributed by atoms with Crippen molar-refractivity contribution in [1.29, 1.82) is 0 Å². The van der Waals surface area contributed by atoms with Crippen LogP contribution >= 0.6 is 11.3 Å². The van der Waals surface area contributed by atoms with Crippen LogP contribution in [0.4, 0.5) is 0 Å². The van der Waals surface area contributed by atoms with E-state index in [1.54, 1.807) is 12.1 Å². The van der Waals surface area contributed by atoms with Gasteiger partial charge in [0.15, 0.2) is 0 Å². The fourth-order valence-corrected chi connectivity index (χ4v) is 4.57. The average Bonchev–Trinajstić information content (AvgIpc) is 3.13. The Morgan fingerprint density at radius 3 is 2.30 bits per heavy atom. The lowest BCUT2D eigenvalue weighted by Gasteiger charge is -2.12. The summed E-state index contributed by atoms with van der Waals surface area (Å²) in [7, 11) is -4.21. The van der Waals surface area contributed by atoms with Crippen molar-refractivity contribution in [2.24, 2.45) is 0 Å². The van der Waals surface area contributed by atoms with E-state index >= 15 is 0 Å². The second-order valence-electron chi connectivity index (χ2n) is 6.41. The molecule has 10 nitrogen and oxygen atoms in total. The largest absolute Gasteiger partial charge is 0.279 e. The molecule has 0 bridgehead atoms. The van der Waals surface area contributed by atoms with Crippen LogP contribution in [0.15, 0.2) is 41.3 Å². The summed E-state index contributed by atoms with van der Waals surface area (Å²) in [6.45, 7) is 0.212. The third-order valence-corrected chi connectivity index (χ3v) is 7.47. The molecule has 30 heavy (non-hydrogen) atoms. The highest BCUT2D eigenvalue weighted by Crippen LogP contribution is 2.17. The number of thiophene rings is 1. The van der Waals surface area contributed by atoms with Gasteiger partial charge >= 0.3 is 0 Å². The molecule has 13 heteroatoms. The molecule has 0 saturated heterocycles. The lowest BCUT2D eigenvalue weighted by atomic mass is 10.2. The molecular weight excluding hydrogens is 452 g/mol. The van der Waals surface area contributed by atoms with E-state index in [2.05, 4.69) is 15.6 Å². The van der Waals surface area contributed by atoms with Crippen molar-refractivity contribution in [3.63, 3.8) is 0 Å². The molecule has 2 amide bonds. The first-order valence-electron chi connectivity index (χ1n) is 8.57. The molecule has 0 aliphatic heterocycles. The zero-order valence-electron chi connectivity index (χ0n) is 16.5. The van der Waals surface area contributed by atoms with Crippen LogP contribution in [0.5, 0.6) is 0 Å². The smallest absolute Gasteiger partial charge is 0.267 e. The number of hydrogen-bond acceptors (Lipinski definition) is 7. The molecule has 1 aromatic heterocycles. The van der Waals surface area contributed by atoms with Gasteiger partial charge in [0, 0.05) is 31.1 Å². The van der Waals surface area contributed by atoms with Crippen LogP contribution < -0.4 is 15.6 Å². The van der Waals surface area contributed by atoms with Crippen LogP contribution in [0.25, 0.3) is 0 Å². The normalized spacial score (nSPS) is 12.0. The van der Waals surface area contributed by atoms with Crippen LogP contribution in [-0.4, -0.2) is 59.9 Å². The summed E-state index contributed by atoms with van der Waals surface area (Å²) < 4.78 is 49.9. The first kappa shape index (κ1) is 24.0. The van der Waals surface area contributed by atoms with Gasteiger partial charge in [-0.3, -0.25) is 20.4 Å². The van der Waals surface area contributed by atoms with E-state index in [0.29, 0.717) is 11.3 Å². The van der Waals surface area contributed by atoms with E-state index in [-0.39, 0.29) is 17.0 Å². The predicted octanol–water partition coefficient (Wildman–Crippen LogP) is 0.165. The molecule has 0 aliphatic carbocycles. The zero-order valence-corrected chi connectivity index (χ0v) is 18.9. The first-order valence-corrected chi connectivity index (χ1v) is 12.7. The van der Waals surface area contributed by atoms with Crippen molar-refractivity contribution in [2.75, 3.05) is 26.9 Å². The maximum Gasteiger partial charge on any atom is 0.279 e. The number of nitrogens with zero attached hydrogens (tertiary/aromatic N) is 1.